The zero-order valence-corrected chi connectivity index (χ0v) is 16.0. The molecule has 0 unspecified atom stereocenters. The zero-order chi connectivity index (χ0) is 19.1. The van der Waals surface area contributed by atoms with Crippen LogP contribution in [0.1, 0.15) is 44.6 Å². The van der Waals surface area contributed by atoms with Gasteiger partial charge in [0.1, 0.15) is 6.54 Å². The molecule has 0 spiro atoms. The second-order valence-corrected chi connectivity index (χ2v) is 7.32. The van der Waals surface area contributed by atoms with Gasteiger partial charge in [-0.05, 0) is 31.2 Å². The van der Waals surface area contributed by atoms with Gasteiger partial charge in [-0.3, -0.25) is 9.59 Å². The van der Waals surface area contributed by atoms with Crippen LogP contribution in [-0.4, -0.2) is 53.4 Å². The highest BCUT2D eigenvalue weighted by atomic mass is 16.5. The van der Waals surface area contributed by atoms with Gasteiger partial charge in [0, 0.05) is 12.6 Å². The standard InChI is InChI=1S/C22H28N2O3/c1-2-9-21(25)23-14-20(27-17-18-10-5-3-6-11-18)15-24(22(26)16-23)19-12-7-4-8-13-19/h3,5-6,10-11,19-20H,4,7-8,12-17H2,1H3/t20-/m0/s1. The van der Waals surface area contributed by atoms with E-state index in [1.807, 2.05) is 35.2 Å². The lowest BCUT2D eigenvalue weighted by atomic mass is 9.94. The average molecular weight is 368 g/mol. The van der Waals surface area contributed by atoms with Crippen molar-refractivity contribution in [2.45, 2.75) is 57.8 Å². The maximum atomic E-state index is 12.9. The zero-order valence-electron chi connectivity index (χ0n) is 16.0. The number of nitrogens with zero attached hydrogens (tertiary/aromatic N) is 2. The summed E-state index contributed by atoms with van der Waals surface area (Å²) in [5.41, 5.74) is 1.09. The van der Waals surface area contributed by atoms with E-state index in [1.165, 1.54) is 11.3 Å². The molecule has 1 aliphatic carbocycles. The summed E-state index contributed by atoms with van der Waals surface area (Å²) in [5, 5.41) is 0. The Morgan fingerprint density at radius 3 is 2.59 bits per heavy atom. The van der Waals surface area contributed by atoms with E-state index in [0.717, 1.165) is 31.2 Å². The maximum absolute atomic E-state index is 12.9. The molecule has 5 heteroatoms. The first-order chi connectivity index (χ1) is 13.2. The van der Waals surface area contributed by atoms with Crippen molar-refractivity contribution in [2.24, 2.45) is 0 Å². The molecule has 144 valence electrons. The van der Waals surface area contributed by atoms with E-state index in [4.69, 9.17) is 4.74 Å². The summed E-state index contributed by atoms with van der Waals surface area (Å²) in [7, 11) is 0. The fraction of sp³-hybridized carbons (Fsp3) is 0.545. The molecule has 1 aromatic carbocycles. The third kappa shape index (κ3) is 5.33. The van der Waals surface area contributed by atoms with E-state index in [2.05, 4.69) is 11.8 Å². The highest BCUT2D eigenvalue weighted by Crippen LogP contribution is 2.25. The smallest absolute Gasteiger partial charge is 0.299 e. The van der Waals surface area contributed by atoms with Crippen molar-refractivity contribution in [1.29, 1.82) is 0 Å². The number of amides is 2. The summed E-state index contributed by atoms with van der Waals surface area (Å²) in [5.74, 6) is 4.92. The summed E-state index contributed by atoms with van der Waals surface area (Å²) >= 11 is 0. The van der Waals surface area contributed by atoms with Gasteiger partial charge in [0.05, 0.1) is 19.3 Å². The topological polar surface area (TPSA) is 49.9 Å². The molecule has 0 aromatic heterocycles. The van der Waals surface area contributed by atoms with Crippen LogP contribution in [0.3, 0.4) is 0 Å². The van der Waals surface area contributed by atoms with E-state index < -0.39 is 0 Å². The third-order valence-electron chi connectivity index (χ3n) is 5.33. The number of hydrogen-bond donors (Lipinski definition) is 0. The number of rotatable bonds is 4. The Morgan fingerprint density at radius 2 is 1.89 bits per heavy atom. The Morgan fingerprint density at radius 1 is 1.15 bits per heavy atom. The van der Waals surface area contributed by atoms with Gasteiger partial charge in [-0.2, -0.15) is 0 Å². The highest BCUT2D eigenvalue weighted by molar-refractivity contribution is 5.96. The molecule has 27 heavy (non-hydrogen) atoms. The third-order valence-corrected chi connectivity index (χ3v) is 5.33. The minimum Gasteiger partial charge on any atom is -0.370 e. The summed E-state index contributed by atoms with van der Waals surface area (Å²) in [6.45, 7) is 3.14. The number of carbonyl (C=O) groups is 2. The van der Waals surface area contributed by atoms with E-state index in [9.17, 15) is 9.59 Å². The lowest BCUT2D eigenvalue weighted by molar-refractivity contribution is -0.138. The van der Waals surface area contributed by atoms with E-state index >= 15 is 0 Å². The molecule has 5 nitrogen and oxygen atoms in total. The van der Waals surface area contributed by atoms with Crippen molar-refractivity contribution in [3.8, 4) is 11.8 Å². The molecule has 0 radical (unpaired) electrons. The molecule has 1 heterocycles. The first-order valence-corrected chi connectivity index (χ1v) is 9.84. The summed E-state index contributed by atoms with van der Waals surface area (Å²) in [6, 6.07) is 10.2. The summed E-state index contributed by atoms with van der Waals surface area (Å²) in [4.78, 5) is 28.7. The van der Waals surface area contributed by atoms with Crippen LogP contribution in [0.5, 0.6) is 0 Å². The Hall–Kier alpha value is -2.32. The Kier molecular flexibility index (Phi) is 6.89. The fourth-order valence-corrected chi connectivity index (χ4v) is 3.92. The molecule has 1 aromatic rings. The van der Waals surface area contributed by atoms with Crippen molar-refractivity contribution < 1.29 is 14.3 Å². The summed E-state index contributed by atoms with van der Waals surface area (Å²) < 4.78 is 6.14. The first kappa shape index (κ1) is 19.4. The number of ether oxygens (including phenoxy) is 1. The minimum absolute atomic E-state index is 0.0129. The monoisotopic (exact) mass is 368 g/mol. The van der Waals surface area contributed by atoms with Crippen LogP contribution in [0.4, 0.5) is 0 Å². The molecule has 2 amide bonds. The number of carbonyl (C=O) groups excluding carboxylic acids is 2. The second kappa shape index (κ2) is 9.57. The van der Waals surface area contributed by atoms with Gasteiger partial charge in [-0.1, -0.05) is 55.5 Å². The van der Waals surface area contributed by atoms with Crippen molar-refractivity contribution >= 4 is 11.8 Å². The maximum Gasteiger partial charge on any atom is 0.299 e. The Labute approximate surface area is 161 Å². The van der Waals surface area contributed by atoms with Gasteiger partial charge in [0.15, 0.2) is 0 Å². The van der Waals surface area contributed by atoms with Crippen molar-refractivity contribution in [3.05, 3.63) is 35.9 Å². The average Bonchev–Trinajstić information content (AvgIpc) is 2.87. The summed E-state index contributed by atoms with van der Waals surface area (Å²) in [6.07, 6.45) is 5.44. The lowest BCUT2D eigenvalue weighted by Gasteiger charge is -2.34. The Bertz CT molecular complexity index is 701. The number of benzene rings is 1. The largest absolute Gasteiger partial charge is 0.370 e. The predicted molar refractivity (Wildman–Crippen MR) is 104 cm³/mol. The molecule has 1 saturated heterocycles. The van der Waals surface area contributed by atoms with Gasteiger partial charge >= 0.3 is 0 Å². The molecule has 0 bridgehead atoms. The molecule has 2 fully saturated rings. The van der Waals surface area contributed by atoms with Crippen LogP contribution in [-0.2, 0) is 20.9 Å². The van der Waals surface area contributed by atoms with E-state index in [-0.39, 0.29) is 30.5 Å². The van der Waals surface area contributed by atoms with Gasteiger partial charge in [-0.25, -0.2) is 0 Å². The number of hydrogen-bond acceptors (Lipinski definition) is 3. The molecular formula is C22H28N2O3. The SMILES string of the molecule is CC#CC(=O)N1CC(=O)N(C2CCCCC2)C[C@@H](OCc2ccccc2)C1. The highest BCUT2D eigenvalue weighted by Gasteiger charge is 2.34. The molecule has 2 aliphatic rings. The molecule has 3 rings (SSSR count). The second-order valence-electron chi connectivity index (χ2n) is 7.32. The van der Waals surface area contributed by atoms with E-state index in [0.29, 0.717) is 19.7 Å². The van der Waals surface area contributed by atoms with Crippen LogP contribution in [0.25, 0.3) is 0 Å². The van der Waals surface area contributed by atoms with E-state index in [1.54, 1.807) is 6.92 Å². The van der Waals surface area contributed by atoms with Crippen LogP contribution in [0, 0.1) is 11.8 Å². The van der Waals surface area contributed by atoms with Crippen LogP contribution >= 0.6 is 0 Å². The van der Waals surface area contributed by atoms with Crippen molar-refractivity contribution in [2.75, 3.05) is 19.6 Å². The van der Waals surface area contributed by atoms with Crippen LogP contribution < -0.4 is 0 Å². The van der Waals surface area contributed by atoms with Gasteiger partial charge < -0.3 is 14.5 Å². The lowest BCUT2D eigenvalue weighted by Crippen LogP contribution is -2.45. The van der Waals surface area contributed by atoms with Gasteiger partial charge in [0.2, 0.25) is 5.91 Å². The normalized spacial score (nSPS) is 21.4. The minimum atomic E-state index is -0.301. The molecule has 1 aliphatic heterocycles. The van der Waals surface area contributed by atoms with Gasteiger partial charge in [-0.15, -0.1) is 0 Å². The Balaban J connectivity index is 1.73. The quantitative estimate of drug-likeness (QED) is 0.768. The fourth-order valence-electron chi connectivity index (χ4n) is 3.92. The van der Waals surface area contributed by atoms with Crippen molar-refractivity contribution in [3.63, 3.8) is 0 Å². The van der Waals surface area contributed by atoms with Gasteiger partial charge in [0.25, 0.3) is 5.91 Å². The first-order valence-electron chi connectivity index (χ1n) is 9.84. The molecule has 1 saturated carbocycles. The molecular weight excluding hydrogens is 340 g/mol. The van der Waals surface area contributed by atoms with Crippen molar-refractivity contribution in [1.82, 2.24) is 9.80 Å². The molecule has 1 atom stereocenters. The van der Waals surface area contributed by atoms with Crippen LogP contribution in [0.15, 0.2) is 30.3 Å². The molecule has 0 N–H and O–H groups in total. The predicted octanol–water partition coefficient (Wildman–Crippen LogP) is 2.60. The van der Waals surface area contributed by atoms with Crippen LogP contribution in [0.2, 0.25) is 0 Å².